The average molecular weight is 329 g/mol. The SMILES string of the molecule is NCc1ccc(C(=O)N2CCC(CCCN3CCCC3)CC2)cc1. The first-order valence-corrected chi connectivity index (χ1v) is 9.57. The number of nitrogens with two attached hydrogens (primary N) is 1. The van der Waals surface area contributed by atoms with Gasteiger partial charge in [-0.3, -0.25) is 4.79 Å². The highest BCUT2D eigenvalue weighted by Crippen LogP contribution is 2.23. The quantitative estimate of drug-likeness (QED) is 0.873. The molecule has 132 valence electrons. The largest absolute Gasteiger partial charge is 0.339 e. The van der Waals surface area contributed by atoms with E-state index in [1.54, 1.807) is 0 Å². The number of piperidine rings is 1. The minimum atomic E-state index is 0.175. The first-order chi connectivity index (χ1) is 11.8. The minimum Gasteiger partial charge on any atom is -0.339 e. The van der Waals surface area contributed by atoms with E-state index in [1.807, 2.05) is 29.2 Å². The van der Waals surface area contributed by atoms with Gasteiger partial charge in [0.25, 0.3) is 5.91 Å². The molecule has 1 aromatic carbocycles. The zero-order valence-corrected chi connectivity index (χ0v) is 14.8. The summed E-state index contributed by atoms with van der Waals surface area (Å²) < 4.78 is 0. The molecule has 0 spiro atoms. The molecule has 2 fully saturated rings. The Morgan fingerprint density at radius 2 is 1.71 bits per heavy atom. The fraction of sp³-hybridized carbons (Fsp3) is 0.650. The van der Waals surface area contributed by atoms with E-state index in [0.717, 1.165) is 43.0 Å². The number of hydrogen-bond acceptors (Lipinski definition) is 3. The van der Waals surface area contributed by atoms with Crippen molar-refractivity contribution in [3.63, 3.8) is 0 Å². The van der Waals surface area contributed by atoms with Gasteiger partial charge in [-0.05, 0) is 81.8 Å². The summed E-state index contributed by atoms with van der Waals surface area (Å²) in [4.78, 5) is 17.2. The molecule has 0 unspecified atom stereocenters. The van der Waals surface area contributed by atoms with Crippen molar-refractivity contribution in [3.8, 4) is 0 Å². The fourth-order valence-corrected chi connectivity index (χ4v) is 4.00. The topological polar surface area (TPSA) is 49.6 Å². The number of hydrogen-bond donors (Lipinski definition) is 1. The van der Waals surface area contributed by atoms with Crippen molar-refractivity contribution >= 4 is 5.91 Å². The molecule has 0 bridgehead atoms. The zero-order valence-electron chi connectivity index (χ0n) is 14.8. The standard InChI is InChI=1S/C20H31N3O/c21-16-18-5-7-19(8-6-18)20(24)23-14-9-17(10-15-23)4-3-13-22-11-1-2-12-22/h5-8,17H,1-4,9-16,21H2. The maximum absolute atomic E-state index is 12.6. The Morgan fingerprint density at radius 3 is 2.33 bits per heavy atom. The lowest BCUT2D eigenvalue weighted by Gasteiger charge is -2.32. The van der Waals surface area contributed by atoms with Crippen LogP contribution in [-0.4, -0.2) is 48.4 Å². The maximum Gasteiger partial charge on any atom is 0.253 e. The second kappa shape index (κ2) is 8.63. The first-order valence-electron chi connectivity index (χ1n) is 9.57. The van der Waals surface area contributed by atoms with Crippen LogP contribution in [0.2, 0.25) is 0 Å². The Morgan fingerprint density at radius 1 is 1.04 bits per heavy atom. The highest BCUT2D eigenvalue weighted by Gasteiger charge is 2.23. The highest BCUT2D eigenvalue weighted by atomic mass is 16.2. The molecule has 0 radical (unpaired) electrons. The molecule has 2 N–H and O–H groups in total. The second-order valence-electron chi connectivity index (χ2n) is 7.33. The molecule has 4 nitrogen and oxygen atoms in total. The van der Waals surface area contributed by atoms with E-state index in [4.69, 9.17) is 5.73 Å². The van der Waals surface area contributed by atoms with Crippen LogP contribution < -0.4 is 5.73 Å². The van der Waals surface area contributed by atoms with Crippen molar-refractivity contribution in [3.05, 3.63) is 35.4 Å². The predicted molar refractivity (Wildman–Crippen MR) is 97.9 cm³/mol. The van der Waals surface area contributed by atoms with E-state index in [9.17, 15) is 4.79 Å². The van der Waals surface area contributed by atoms with Crippen molar-refractivity contribution in [2.45, 2.75) is 45.1 Å². The monoisotopic (exact) mass is 329 g/mol. The molecular weight excluding hydrogens is 298 g/mol. The third kappa shape index (κ3) is 4.58. The third-order valence-electron chi connectivity index (χ3n) is 5.62. The van der Waals surface area contributed by atoms with Gasteiger partial charge in [0.05, 0.1) is 0 Å². The molecule has 0 atom stereocenters. The van der Waals surface area contributed by atoms with Crippen LogP contribution in [-0.2, 0) is 6.54 Å². The minimum absolute atomic E-state index is 0.175. The van der Waals surface area contributed by atoms with Gasteiger partial charge >= 0.3 is 0 Å². The van der Waals surface area contributed by atoms with E-state index in [-0.39, 0.29) is 5.91 Å². The van der Waals surface area contributed by atoms with Gasteiger partial charge < -0.3 is 15.5 Å². The van der Waals surface area contributed by atoms with E-state index in [1.165, 1.54) is 45.3 Å². The molecule has 0 saturated carbocycles. The molecule has 24 heavy (non-hydrogen) atoms. The van der Waals surface area contributed by atoms with Gasteiger partial charge in [0, 0.05) is 25.2 Å². The predicted octanol–water partition coefficient (Wildman–Crippen LogP) is 2.87. The highest BCUT2D eigenvalue weighted by molar-refractivity contribution is 5.94. The lowest BCUT2D eigenvalue weighted by Crippen LogP contribution is -2.38. The zero-order chi connectivity index (χ0) is 16.8. The van der Waals surface area contributed by atoms with Gasteiger partial charge in [0.1, 0.15) is 0 Å². The lowest BCUT2D eigenvalue weighted by atomic mass is 9.91. The first kappa shape index (κ1) is 17.4. The van der Waals surface area contributed by atoms with Crippen LogP contribution in [0.25, 0.3) is 0 Å². The van der Waals surface area contributed by atoms with Crippen LogP contribution >= 0.6 is 0 Å². The van der Waals surface area contributed by atoms with Gasteiger partial charge in [0.2, 0.25) is 0 Å². The van der Waals surface area contributed by atoms with E-state index in [0.29, 0.717) is 6.54 Å². The average Bonchev–Trinajstić information content (AvgIpc) is 3.15. The normalized spacial score (nSPS) is 19.8. The maximum atomic E-state index is 12.6. The molecule has 2 aliphatic rings. The van der Waals surface area contributed by atoms with Gasteiger partial charge in [-0.1, -0.05) is 12.1 Å². The number of likely N-dealkylation sites (tertiary alicyclic amines) is 2. The molecule has 1 amide bonds. The van der Waals surface area contributed by atoms with Crippen LogP contribution in [0.1, 0.15) is 54.4 Å². The van der Waals surface area contributed by atoms with Gasteiger partial charge in [-0.15, -0.1) is 0 Å². The molecule has 2 heterocycles. The molecule has 0 aromatic heterocycles. The van der Waals surface area contributed by atoms with E-state index in [2.05, 4.69) is 4.90 Å². The molecule has 0 aliphatic carbocycles. The number of carbonyl (C=O) groups is 1. The van der Waals surface area contributed by atoms with Crippen molar-refractivity contribution in [1.82, 2.24) is 9.80 Å². The summed E-state index contributed by atoms with van der Waals surface area (Å²) in [5.41, 5.74) is 7.48. The molecule has 4 heteroatoms. The smallest absolute Gasteiger partial charge is 0.253 e. The van der Waals surface area contributed by atoms with Crippen molar-refractivity contribution in [1.29, 1.82) is 0 Å². The summed E-state index contributed by atoms with van der Waals surface area (Å²) in [5.74, 6) is 0.977. The second-order valence-corrected chi connectivity index (χ2v) is 7.33. The number of benzene rings is 1. The van der Waals surface area contributed by atoms with Crippen LogP contribution in [0, 0.1) is 5.92 Å². The molecule has 2 aliphatic heterocycles. The van der Waals surface area contributed by atoms with E-state index < -0.39 is 0 Å². The summed E-state index contributed by atoms with van der Waals surface area (Å²) in [6, 6.07) is 7.73. The Labute approximate surface area is 146 Å². The summed E-state index contributed by atoms with van der Waals surface area (Å²) in [6.07, 6.45) is 7.72. The van der Waals surface area contributed by atoms with Gasteiger partial charge in [0.15, 0.2) is 0 Å². The van der Waals surface area contributed by atoms with Crippen LogP contribution in [0.5, 0.6) is 0 Å². The Balaban J connectivity index is 1.39. The van der Waals surface area contributed by atoms with Gasteiger partial charge in [-0.2, -0.15) is 0 Å². The summed E-state index contributed by atoms with van der Waals surface area (Å²) in [5, 5.41) is 0. The number of rotatable bonds is 6. The van der Waals surface area contributed by atoms with Crippen molar-refractivity contribution < 1.29 is 4.79 Å². The molecule has 2 saturated heterocycles. The molecular formula is C20H31N3O. The van der Waals surface area contributed by atoms with Gasteiger partial charge in [-0.25, -0.2) is 0 Å². The fourth-order valence-electron chi connectivity index (χ4n) is 4.00. The third-order valence-corrected chi connectivity index (χ3v) is 5.62. The number of amides is 1. The number of nitrogens with zero attached hydrogens (tertiary/aromatic N) is 2. The van der Waals surface area contributed by atoms with Crippen LogP contribution in [0.3, 0.4) is 0 Å². The lowest BCUT2D eigenvalue weighted by molar-refractivity contribution is 0.0684. The Bertz CT molecular complexity index is 514. The van der Waals surface area contributed by atoms with Crippen LogP contribution in [0.4, 0.5) is 0 Å². The van der Waals surface area contributed by atoms with Crippen molar-refractivity contribution in [2.75, 3.05) is 32.7 Å². The Hall–Kier alpha value is -1.39. The van der Waals surface area contributed by atoms with Crippen LogP contribution in [0.15, 0.2) is 24.3 Å². The molecule has 3 rings (SSSR count). The molecule has 1 aromatic rings. The van der Waals surface area contributed by atoms with E-state index >= 15 is 0 Å². The Kier molecular flexibility index (Phi) is 6.27. The summed E-state index contributed by atoms with van der Waals surface area (Å²) in [6.45, 7) is 6.22. The summed E-state index contributed by atoms with van der Waals surface area (Å²) >= 11 is 0. The summed E-state index contributed by atoms with van der Waals surface area (Å²) in [7, 11) is 0. The number of carbonyl (C=O) groups excluding carboxylic acids is 1. The van der Waals surface area contributed by atoms with Crippen molar-refractivity contribution in [2.24, 2.45) is 11.7 Å².